The van der Waals surface area contributed by atoms with Gasteiger partial charge in [0.1, 0.15) is 0 Å². The van der Waals surface area contributed by atoms with Crippen LogP contribution in [0.5, 0.6) is 0 Å². The zero-order valence-corrected chi connectivity index (χ0v) is 16.4. The number of aliphatic hydroxyl groups is 1. The maximum absolute atomic E-state index is 12.9. The zero-order valence-electron chi connectivity index (χ0n) is 14.7. The first-order valence-corrected chi connectivity index (χ1v) is 9.78. The van der Waals surface area contributed by atoms with Gasteiger partial charge in [0.15, 0.2) is 5.60 Å². The SMILES string of the molecule is CCN(CC)CCSC(=O)C(O)(c1ccccc1)C1CCCC1.Cl. The second kappa shape index (κ2) is 10.4. The average molecular weight is 372 g/mol. The Morgan fingerprint density at radius 1 is 1.21 bits per heavy atom. The highest BCUT2D eigenvalue weighted by molar-refractivity contribution is 8.13. The first-order valence-electron chi connectivity index (χ1n) is 8.80. The predicted octanol–water partition coefficient (Wildman–Crippen LogP) is 4.09. The molecule has 0 heterocycles. The molecule has 0 amide bonds. The van der Waals surface area contributed by atoms with Gasteiger partial charge in [-0.3, -0.25) is 4.79 Å². The van der Waals surface area contributed by atoms with Crippen LogP contribution >= 0.6 is 24.2 Å². The summed E-state index contributed by atoms with van der Waals surface area (Å²) in [6.45, 7) is 7.15. The Balaban J connectivity index is 0.00000288. The number of thioether (sulfide) groups is 1. The third-order valence-electron chi connectivity index (χ3n) is 5.01. The molecule has 0 radical (unpaired) electrons. The van der Waals surface area contributed by atoms with Crippen LogP contribution in [-0.2, 0) is 10.4 Å². The molecule has 1 aromatic carbocycles. The van der Waals surface area contributed by atoms with Crippen molar-refractivity contribution >= 4 is 29.3 Å². The van der Waals surface area contributed by atoms with Crippen molar-refractivity contribution < 1.29 is 9.90 Å². The van der Waals surface area contributed by atoms with Crippen LogP contribution in [0.4, 0.5) is 0 Å². The van der Waals surface area contributed by atoms with Gasteiger partial charge in [-0.15, -0.1) is 12.4 Å². The van der Waals surface area contributed by atoms with Gasteiger partial charge in [-0.2, -0.15) is 0 Å². The van der Waals surface area contributed by atoms with Crippen LogP contribution in [0.25, 0.3) is 0 Å². The van der Waals surface area contributed by atoms with Crippen molar-refractivity contribution in [3.63, 3.8) is 0 Å². The lowest BCUT2D eigenvalue weighted by Crippen LogP contribution is -2.41. The lowest BCUT2D eigenvalue weighted by atomic mass is 9.81. The van der Waals surface area contributed by atoms with Crippen molar-refractivity contribution in [3.8, 4) is 0 Å². The minimum absolute atomic E-state index is 0. The fraction of sp³-hybridized carbons (Fsp3) is 0.632. The Bertz CT molecular complexity index is 489. The number of hydrogen-bond acceptors (Lipinski definition) is 4. The van der Waals surface area contributed by atoms with Gasteiger partial charge in [0, 0.05) is 12.3 Å². The molecule has 0 aliphatic heterocycles. The van der Waals surface area contributed by atoms with E-state index in [9.17, 15) is 9.90 Å². The molecule has 1 fully saturated rings. The number of carbonyl (C=O) groups is 1. The summed E-state index contributed by atoms with van der Waals surface area (Å²) in [6, 6.07) is 9.52. The molecule has 5 heteroatoms. The quantitative estimate of drug-likeness (QED) is 0.747. The molecule has 2 rings (SSSR count). The predicted molar refractivity (Wildman–Crippen MR) is 105 cm³/mol. The Morgan fingerprint density at radius 2 is 1.79 bits per heavy atom. The molecule has 1 N–H and O–H groups in total. The summed E-state index contributed by atoms with van der Waals surface area (Å²) in [5.74, 6) is 0.793. The van der Waals surface area contributed by atoms with Crippen molar-refractivity contribution in [1.29, 1.82) is 0 Å². The van der Waals surface area contributed by atoms with Gasteiger partial charge in [0.2, 0.25) is 5.12 Å². The molecule has 0 bridgehead atoms. The van der Waals surface area contributed by atoms with Gasteiger partial charge < -0.3 is 10.0 Å². The van der Waals surface area contributed by atoms with Gasteiger partial charge >= 0.3 is 0 Å². The molecular formula is C19H30ClNO2S. The average Bonchev–Trinajstić information content (AvgIpc) is 3.13. The molecule has 1 aliphatic rings. The van der Waals surface area contributed by atoms with E-state index in [0.717, 1.165) is 56.6 Å². The van der Waals surface area contributed by atoms with Gasteiger partial charge in [0.25, 0.3) is 0 Å². The fourth-order valence-corrected chi connectivity index (χ4v) is 4.51. The zero-order chi connectivity index (χ0) is 16.7. The molecule has 3 nitrogen and oxygen atoms in total. The smallest absolute Gasteiger partial charge is 0.225 e. The lowest BCUT2D eigenvalue weighted by molar-refractivity contribution is -0.134. The van der Waals surface area contributed by atoms with E-state index in [0.29, 0.717) is 0 Å². The van der Waals surface area contributed by atoms with Gasteiger partial charge in [-0.1, -0.05) is 68.8 Å². The van der Waals surface area contributed by atoms with E-state index in [2.05, 4.69) is 18.7 Å². The van der Waals surface area contributed by atoms with E-state index in [-0.39, 0.29) is 23.4 Å². The third-order valence-corrected chi connectivity index (χ3v) is 5.97. The van der Waals surface area contributed by atoms with Crippen LogP contribution in [0.15, 0.2) is 30.3 Å². The summed E-state index contributed by atoms with van der Waals surface area (Å²) in [4.78, 5) is 15.2. The topological polar surface area (TPSA) is 40.5 Å². The first-order chi connectivity index (χ1) is 11.1. The van der Waals surface area contributed by atoms with Crippen LogP contribution in [0, 0.1) is 5.92 Å². The maximum Gasteiger partial charge on any atom is 0.225 e. The standard InChI is InChI=1S/C19H29NO2S.ClH/c1-3-20(4-2)14-15-23-18(21)19(22,17-12-8-9-13-17)16-10-6-5-7-11-16;/h5-7,10-11,17,22H,3-4,8-9,12-15H2,1-2H3;1H. The molecule has 0 spiro atoms. The lowest BCUT2D eigenvalue weighted by Gasteiger charge is -2.33. The van der Waals surface area contributed by atoms with E-state index in [1.54, 1.807) is 0 Å². The molecule has 136 valence electrons. The second-order valence-corrected chi connectivity index (χ2v) is 7.34. The van der Waals surface area contributed by atoms with Crippen LogP contribution < -0.4 is 0 Å². The summed E-state index contributed by atoms with van der Waals surface area (Å²) in [6.07, 6.45) is 4.09. The molecule has 0 aromatic heterocycles. The van der Waals surface area contributed by atoms with Gasteiger partial charge in [0.05, 0.1) is 0 Å². The maximum atomic E-state index is 12.9. The number of halogens is 1. The van der Waals surface area contributed by atoms with E-state index in [1.165, 1.54) is 11.8 Å². The van der Waals surface area contributed by atoms with E-state index in [4.69, 9.17) is 0 Å². The number of hydrogen-bond donors (Lipinski definition) is 1. The highest BCUT2D eigenvalue weighted by Gasteiger charge is 2.46. The third kappa shape index (κ3) is 4.98. The van der Waals surface area contributed by atoms with Crippen molar-refractivity contribution in [2.24, 2.45) is 5.92 Å². The highest BCUT2D eigenvalue weighted by Crippen LogP contribution is 2.43. The highest BCUT2D eigenvalue weighted by atomic mass is 35.5. The van der Waals surface area contributed by atoms with Crippen molar-refractivity contribution in [3.05, 3.63) is 35.9 Å². The summed E-state index contributed by atoms with van der Waals surface area (Å²) in [5.41, 5.74) is -0.571. The van der Waals surface area contributed by atoms with Crippen LogP contribution in [0.1, 0.15) is 45.1 Å². The van der Waals surface area contributed by atoms with Crippen molar-refractivity contribution in [2.75, 3.05) is 25.4 Å². The summed E-state index contributed by atoms with van der Waals surface area (Å²) >= 11 is 1.29. The number of carbonyl (C=O) groups excluding carboxylic acids is 1. The molecule has 1 atom stereocenters. The largest absolute Gasteiger partial charge is 0.376 e. The second-order valence-electron chi connectivity index (χ2n) is 6.28. The first kappa shape index (κ1) is 21.5. The Labute approximate surface area is 156 Å². The molecule has 1 saturated carbocycles. The molecule has 1 aliphatic carbocycles. The minimum Gasteiger partial charge on any atom is -0.376 e. The molecule has 0 saturated heterocycles. The molecule has 1 unspecified atom stereocenters. The number of benzene rings is 1. The van der Waals surface area contributed by atoms with E-state index in [1.807, 2.05) is 30.3 Å². The van der Waals surface area contributed by atoms with Crippen LogP contribution in [-0.4, -0.2) is 40.5 Å². The summed E-state index contributed by atoms with van der Waals surface area (Å²) < 4.78 is 0. The Hall–Kier alpha value is -0.550. The van der Waals surface area contributed by atoms with Crippen LogP contribution in [0.2, 0.25) is 0 Å². The Kier molecular flexibility index (Phi) is 9.35. The number of rotatable bonds is 8. The minimum atomic E-state index is -1.33. The monoisotopic (exact) mass is 371 g/mol. The summed E-state index contributed by atoms with van der Waals surface area (Å²) in [7, 11) is 0. The van der Waals surface area contributed by atoms with E-state index < -0.39 is 5.60 Å². The Morgan fingerprint density at radius 3 is 2.33 bits per heavy atom. The molecule has 1 aromatic rings. The van der Waals surface area contributed by atoms with Crippen LogP contribution in [0.3, 0.4) is 0 Å². The molecular weight excluding hydrogens is 342 g/mol. The molecule has 24 heavy (non-hydrogen) atoms. The fourth-order valence-electron chi connectivity index (χ4n) is 3.47. The summed E-state index contributed by atoms with van der Waals surface area (Å²) in [5, 5.41) is 11.3. The van der Waals surface area contributed by atoms with Gasteiger partial charge in [-0.25, -0.2) is 0 Å². The van der Waals surface area contributed by atoms with Gasteiger partial charge in [-0.05, 0) is 37.4 Å². The van der Waals surface area contributed by atoms with E-state index >= 15 is 0 Å². The van der Waals surface area contributed by atoms with Crippen molar-refractivity contribution in [1.82, 2.24) is 4.90 Å². The van der Waals surface area contributed by atoms with Crippen molar-refractivity contribution in [2.45, 2.75) is 45.1 Å². The normalized spacial score (nSPS) is 17.5. The number of nitrogens with zero attached hydrogens (tertiary/aromatic N) is 1.